The maximum absolute atomic E-state index is 10.8. The number of carbonyl (C=O) groups excluding carboxylic acids is 1. The molecule has 0 aromatic rings. The molecule has 82 valence electrons. The lowest BCUT2D eigenvalue weighted by molar-refractivity contribution is -0.119. The van der Waals surface area contributed by atoms with Gasteiger partial charge in [-0.2, -0.15) is 0 Å². The number of ketones is 1. The molecule has 14 heavy (non-hydrogen) atoms. The van der Waals surface area contributed by atoms with Crippen LogP contribution in [-0.4, -0.2) is 54.2 Å². The first kappa shape index (κ1) is 11.6. The number of hydrogen-bond acceptors (Lipinski definition) is 4. The summed E-state index contributed by atoms with van der Waals surface area (Å²) in [6.07, 6.45) is 0.642. The molecule has 0 bridgehead atoms. The van der Waals surface area contributed by atoms with Crippen molar-refractivity contribution in [3.63, 3.8) is 0 Å². The second-order valence-electron chi connectivity index (χ2n) is 3.96. The Labute approximate surface area is 84.8 Å². The maximum atomic E-state index is 10.8. The van der Waals surface area contributed by atoms with E-state index in [9.17, 15) is 4.79 Å². The molecule has 1 N–H and O–H groups in total. The third kappa shape index (κ3) is 3.74. The Morgan fingerprint density at radius 3 is 2.86 bits per heavy atom. The minimum atomic E-state index is -0.0919. The van der Waals surface area contributed by atoms with Gasteiger partial charge in [0.05, 0.1) is 18.8 Å². The van der Waals surface area contributed by atoms with Crippen molar-refractivity contribution in [2.24, 2.45) is 0 Å². The van der Waals surface area contributed by atoms with E-state index in [2.05, 4.69) is 4.90 Å². The van der Waals surface area contributed by atoms with Crippen LogP contribution in [0.3, 0.4) is 0 Å². The Hall–Kier alpha value is -0.450. The zero-order valence-electron chi connectivity index (χ0n) is 8.90. The quantitative estimate of drug-likeness (QED) is 0.698. The molecule has 1 rings (SSSR count). The van der Waals surface area contributed by atoms with E-state index in [0.717, 1.165) is 19.6 Å². The number of ether oxygens (including phenoxy) is 1. The minimum absolute atomic E-state index is 0.0565. The lowest BCUT2D eigenvalue weighted by Crippen LogP contribution is -2.48. The summed E-state index contributed by atoms with van der Waals surface area (Å²) in [4.78, 5) is 13.0. The van der Waals surface area contributed by atoms with E-state index in [1.165, 1.54) is 0 Å². The molecule has 1 saturated heterocycles. The highest BCUT2D eigenvalue weighted by atomic mass is 16.5. The highest BCUT2D eigenvalue weighted by Crippen LogP contribution is 2.10. The SMILES string of the molecule is CC(=O)CCN1CC(C)OC(CO)C1. The number of rotatable bonds is 4. The molecule has 4 heteroatoms. The second kappa shape index (κ2) is 5.44. The summed E-state index contributed by atoms with van der Waals surface area (Å²) < 4.78 is 5.50. The Kier molecular flexibility index (Phi) is 4.51. The second-order valence-corrected chi connectivity index (χ2v) is 3.96. The fraction of sp³-hybridized carbons (Fsp3) is 0.900. The molecule has 0 aliphatic carbocycles. The van der Waals surface area contributed by atoms with Crippen molar-refractivity contribution in [3.05, 3.63) is 0 Å². The van der Waals surface area contributed by atoms with Gasteiger partial charge in [-0.15, -0.1) is 0 Å². The summed E-state index contributed by atoms with van der Waals surface area (Å²) in [5.41, 5.74) is 0. The van der Waals surface area contributed by atoms with Crippen molar-refractivity contribution in [1.29, 1.82) is 0 Å². The van der Waals surface area contributed by atoms with Gasteiger partial charge in [0.2, 0.25) is 0 Å². The molecule has 1 aliphatic rings. The molecule has 2 atom stereocenters. The van der Waals surface area contributed by atoms with Crippen LogP contribution in [0.1, 0.15) is 20.3 Å². The minimum Gasteiger partial charge on any atom is -0.394 e. The van der Waals surface area contributed by atoms with Crippen molar-refractivity contribution in [2.45, 2.75) is 32.5 Å². The third-order valence-corrected chi connectivity index (χ3v) is 2.39. The first-order valence-corrected chi connectivity index (χ1v) is 5.10. The van der Waals surface area contributed by atoms with E-state index >= 15 is 0 Å². The molecule has 1 aliphatic heterocycles. The van der Waals surface area contributed by atoms with Gasteiger partial charge in [0.15, 0.2) is 0 Å². The van der Waals surface area contributed by atoms with Crippen LogP contribution >= 0.6 is 0 Å². The van der Waals surface area contributed by atoms with Crippen LogP contribution in [0, 0.1) is 0 Å². The lowest BCUT2D eigenvalue weighted by atomic mass is 10.2. The fourth-order valence-electron chi connectivity index (χ4n) is 1.74. The number of nitrogens with zero attached hydrogens (tertiary/aromatic N) is 1. The Morgan fingerprint density at radius 1 is 1.57 bits per heavy atom. The molecule has 0 amide bonds. The Balaban J connectivity index is 2.33. The predicted octanol–water partition coefficient (Wildman–Crippen LogP) is 0.0471. The number of carbonyl (C=O) groups is 1. The molecule has 2 unspecified atom stereocenters. The number of Topliss-reactive ketones (excluding diaryl/α,β-unsaturated/α-hetero) is 1. The van der Waals surface area contributed by atoms with Gasteiger partial charge in [-0.05, 0) is 13.8 Å². The van der Waals surface area contributed by atoms with E-state index in [0.29, 0.717) is 6.42 Å². The van der Waals surface area contributed by atoms with E-state index in [-0.39, 0.29) is 24.6 Å². The normalized spacial score (nSPS) is 29.1. The van der Waals surface area contributed by atoms with Gasteiger partial charge in [-0.1, -0.05) is 0 Å². The van der Waals surface area contributed by atoms with Crippen LogP contribution in [0.25, 0.3) is 0 Å². The number of aliphatic hydroxyl groups excluding tert-OH is 1. The topological polar surface area (TPSA) is 49.8 Å². The van der Waals surface area contributed by atoms with E-state index < -0.39 is 0 Å². The summed E-state index contributed by atoms with van der Waals surface area (Å²) in [6.45, 7) is 6.01. The molecule has 0 radical (unpaired) electrons. The standard InChI is InChI=1S/C10H19NO3/c1-8(13)3-4-11-5-9(2)14-10(6-11)7-12/h9-10,12H,3-7H2,1-2H3. The van der Waals surface area contributed by atoms with Gasteiger partial charge >= 0.3 is 0 Å². The molecule has 0 saturated carbocycles. The Morgan fingerprint density at radius 2 is 2.29 bits per heavy atom. The van der Waals surface area contributed by atoms with Crippen LogP contribution in [0.4, 0.5) is 0 Å². The van der Waals surface area contributed by atoms with Crippen molar-refractivity contribution in [2.75, 3.05) is 26.2 Å². The van der Waals surface area contributed by atoms with Gasteiger partial charge < -0.3 is 9.84 Å². The molecule has 4 nitrogen and oxygen atoms in total. The summed E-state index contributed by atoms with van der Waals surface area (Å²) >= 11 is 0. The molecule has 1 heterocycles. The molecule has 1 fully saturated rings. The highest BCUT2D eigenvalue weighted by molar-refractivity contribution is 5.75. The van der Waals surface area contributed by atoms with Crippen LogP contribution < -0.4 is 0 Å². The number of hydrogen-bond donors (Lipinski definition) is 1. The molecule has 0 aromatic carbocycles. The smallest absolute Gasteiger partial charge is 0.131 e. The Bertz CT molecular complexity index is 196. The molecular formula is C10H19NO3. The van der Waals surface area contributed by atoms with E-state index in [4.69, 9.17) is 9.84 Å². The molecule has 0 spiro atoms. The molecular weight excluding hydrogens is 182 g/mol. The van der Waals surface area contributed by atoms with Crippen LogP contribution in [0.15, 0.2) is 0 Å². The summed E-state index contributed by atoms with van der Waals surface area (Å²) in [5, 5.41) is 8.99. The number of morpholine rings is 1. The van der Waals surface area contributed by atoms with Crippen molar-refractivity contribution in [1.82, 2.24) is 4.90 Å². The first-order valence-electron chi connectivity index (χ1n) is 5.10. The van der Waals surface area contributed by atoms with E-state index in [1.807, 2.05) is 6.92 Å². The number of aliphatic hydroxyl groups is 1. The van der Waals surface area contributed by atoms with Crippen LogP contribution in [-0.2, 0) is 9.53 Å². The maximum Gasteiger partial charge on any atom is 0.131 e. The van der Waals surface area contributed by atoms with E-state index in [1.54, 1.807) is 6.92 Å². The summed E-state index contributed by atoms with van der Waals surface area (Å²) in [5.74, 6) is 0.213. The van der Waals surface area contributed by atoms with Crippen molar-refractivity contribution in [3.8, 4) is 0 Å². The largest absolute Gasteiger partial charge is 0.394 e. The zero-order chi connectivity index (χ0) is 10.6. The summed E-state index contributed by atoms with van der Waals surface area (Å²) in [7, 11) is 0. The van der Waals surface area contributed by atoms with Gasteiger partial charge in [0.1, 0.15) is 5.78 Å². The van der Waals surface area contributed by atoms with Crippen LogP contribution in [0.5, 0.6) is 0 Å². The van der Waals surface area contributed by atoms with Crippen molar-refractivity contribution < 1.29 is 14.6 Å². The average Bonchev–Trinajstić information content (AvgIpc) is 2.14. The summed E-state index contributed by atoms with van der Waals surface area (Å²) in [6, 6.07) is 0. The molecule has 0 aromatic heterocycles. The van der Waals surface area contributed by atoms with Gasteiger partial charge in [0.25, 0.3) is 0 Å². The van der Waals surface area contributed by atoms with Crippen LogP contribution in [0.2, 0.25) is 0 Å². The lowest BCUT2D eigenvalue weighted by Gasteiger charge is -2.35. The monoisotopic (exact) mass is 201 g/mol. The average molecular weight is 201 g/mol. The highest BCUT2D eigenvalue weighted by Gasteiger charge is 2.24. The zero-order valence-corrected chi connectivity index (χ0v) is 8.90. The van der Waals surface area contributed by atoms with Gasteiger partial charge in [-0.25, -0.2) is 0 Å². The third-order valence-electron chi connectivity index (χ3n) is 2.39. The predicted molar refractivity (Wildman–Crippen MR) is 53.2 cm³/mol. The first-order chi connectivity index (χ1) is 6.61. The van der Waals surface area contributed by atoms with Gasteiger partial charge in [0, 0.05) is 26.1 Å². The van der Waals surface area contributed by atoms with Gasteiger partial charge in [-0.3, -0.25) is 9.69 Å². The van der Waals surface area contributed by atoms with Crippen molar-refractivity contribution >= 4 is 5.78 Å². The fourth-order valence-corrected chi connectivity index (χ4v) is 1.74.